The van der Waals surface area contributed by atoms with Crippen LogP contribution in [0.2, 0.25) is 0 Å². The fourth-order valence-electron chi connectivity index (χ4n) is 3.87. The van der Waals surface area contributed by atoms with E-state index in [-0.39, 0.29) is 17.1 Å². The predicted molar refractivity (Wildman–Crippen MR) is 93.6 cm³/mol. The van der Waals surface area contributed by atoms with Crippen LogP contribution in [0, 0.1) is 17.3 Å². The van der Waals surface area contributed by atoms with E-state index in [2.05, 4.69) is 13.8 Å². The maximum atomic E-state index is 12.2. The van der Waals surface area contributed by atoms with Crippen molar-refractivity contribution in [1.29, 1.82) is 0 Å². The standard InChI is InChI=1S/C20H24O4/c1-20(2)14-10-15(20)16(21)8-12(14)6-7-13-9-18(23-4)19(24-5)11-17(13)22-3/h6-9,11,14-15H,10H2,1-5H3/b7-6+/t14-,15+/m0/s1. The highest BCUT2D eigenvalue weighted by Gasteiger charge is 2.54. The third-order valence-electron chi connectivity index (χ3n) is 5.51. The van der Waals surface area contributed by atoms with Gasteiger partial charge in [-0.05, 0) is 35.5 Å². The predicted octanol–water partition coefficient (Wildman–Crippen LogP) is 3.90. The second-order valence-corrected chi connectivity index (χ2v) is 6.99. The zero-order valence-corrected chi connectivity index (χ0v) is 14.9. The Bertz CT molecular complexity index is 727. The first-order valence-corrected chi connectivity index (χ1v) is 8.16. The lowest BCUT2D eigenvalue weighted by atomic mass is 9.48. The summed E-state index contributed by atoms with van der Waals surface area (Å²) in [6.07, 6.45) is 6.77. The molecule has 1 aromatic carbocycles. The molecule has 0 amide bonds. The van der Waals surface area contributed by atoms with Gasteiger partial charge in [-0.2, -0.15) is 0 Å². The Morgan fingerprint density at radius 1 is 0.958 bits per heavy atom. The minimum atomic E-state index is 0.0627. The molecule has 2 bridgehead atoms. The molecule has 1 saturated carbocycles. The molecule has 3 aliphatic carbocycles. The van der Waals surface area contributed by atoms with E-state index >= 15 is 0 Å². The number of carbonyl (C=O) groups is 1. The summed E-state index contributed by atoms with van der Waals surface area (Å²) in [5.74, 6) is 2.87. The molecule has 3 aliphatic rings. The van der Waals surface area contributed by atoms with Crippen molar-refractivity contribution in [3.8, 4) is 17.2 Å². The van der Waals surface area contributed by atoms with Crippen molar-refractivity contribution in [2.24, 2.45) is 17.3 Å². The molecule has 0 saturated heterocycles. The molecule has 0 aliphatic heterocycles. The second-order valence-electron chi connectivity index (χ2n) is 6.99. The van der Waals surface area contributed by atoms with E-state index in [1.165, 1.54) is 0 Å². The maximum absolute atomic E-state index is 12.2. The number of benzene rings is 1. The monoisotopic (exact) mass is 328 g/mol. The van der Waals surface area contributed by atoms with E-state index in [4.69, 9.17) is 14.2 Å². The lowest BCUT2D eigenvalue weighted by Crippen LogP contribution is -2.52. The molecule has 0 radical (unpaired) electrons. The second kappa shape index (κ2) is 6.00. The van der Waals surface area contributed by atoms with Crippen LogP contribution in [0.3, 0.4) is 0 Å². The minimum absolute atomic E-state index is 0.0627. The van der Waals surface area contributed by atoms with Gasteiger partial charge in [-0.15, -0.1) is 0 Å². The molecule has 4 heteroatoms. The van der Waals surface area contributed by atoms with Gasteiger partial charge in [-0.3, -0.25) is 4.79 Å². The molecule has 0 heterocycles. The summed E-state index contributed by atoms with van der Waals surface area (Å²) in [5, 5.41) is 0. The Morgan fingerprint density at radius 3 is 2.12 bits per heavy atom. The fourth-order valence-corrected chi connectivity index (χ4v) is 3.87. The van der Waals surface area contributed by atoms with Crippen molar-refractivity contribution in [3.05, 3.63) is 35.4 Å². The van der Waals surface area contributed by atoms with Crippen LogP contribution in [0.15, 0.2) is 29.9 Å². The first kappa shape index (κ1) is 16.6. The average molecular weight is 328 g/mol. The molecular weight excluding hydrogens is 304 g/mol. The van der Waals surface area contributed by atoms with Crippen LogP contribution < -0.4 is 14.2 Å². The zero-order chi connectivity index (χ0) is 17.5. The SMILES string of the molecule is COc1cc(OC)c(OC)cc1/C=C/C1=CC(=O)[C@H]2C[C@@H]1C2(C)C. The van der Waals surface area contributed by atoms with Crippen LogP contribution in [0.5, 0.6) is 17.2 Å². The number of methoxy groups -OCH3 is 3. The highest BCUT2D eigenvalue weighted by atomic mass is 16.5. The van der Waals surface area contributed by atoms with Gasteiger partial charge in [0.05, 0.1) is 21.3 Å². The first-order valence-electron chi connectivity index (χ1n) is 8.16. The van der Waals surface area contributed by atoms with Gasteiger partial charge in [0.15, 0.2) is 17.3 Å². The molecule has 2 atom stereocenters. The molecule has 0 spiro atoms. The first-order chi connectivity index (χ1) is 11.4. The zero-order valence-electron chi connectivity index (χ0n) is 14.9. The summed E-state index contributed by atoms with van der Waals surface area (Å²) in [6.45, 7) is 4.36. The topological polar surface area (TPSA) is 44.8 Å². The van der Waals surface area contributed by atoms with Crippen molar-refractivity contribution in [1.82, 2.24) is 0 Å². The Hall–Kier alpha value is -2.23. The minimum Gasteiger partial charge on any atom is -0.496 e. The largest absolute Gasteiger partial charge is 0.496 e. The van der Waals surface area contributed by atoms with Gasteiger partial charge in [0.2, 0.25) is 0 Å². The highest BCUT2D eigenvalue weighted by Crippen LogP contribution is 2.58. The van der Waals surface area contributed by atoms with Crippen molar-refractivity contribution in [3.63, 3.8) is 0 Å². The van der Waals surface area contributed by atoms with Crippen LogP contribution in [0.4, 0.5) is 0 Å². The van der Waals surface area contributed by atoms with Crippen molar-refractivity contribution >= 4 is 11.9 Å². The normalized spacial score (nSPS) is 24.4. The van der Waals surface area contributed by atoms with Gasteiger partial charge in [-0.1, -0.05) is 26.0 Å². The number of hydrogen-bond acceptors (Lipinski definition) is 4. The molecule has 4 rings (SSSR count). The molecule has 0 N–H and O–H groups in total. The van der Waals surface area contributed by atoms with E-state index in [1.807, 2.05) is 24.3 Å². The Kier molecular flexibility index (Phi) is 4.16. The number of fused-ring (bicyclic) bond motifs is 1. The molecule has 24 heavy (non-hydrogen) atoms. The highest BCUT2D eigenvalue weighted by molar-refractivity contribution is 5.96. The van der Waals surface area contributed by atoms with E-state index in [1.54, 1.807) is 27.4 Å². The molecule has 1 aromatic rings. The molecular formula is C20H24O4. The average Bonchev–Trinajstić information content (AvgIpc) is 2.58. The van der Waals surface area contributed by atoms with Crippen LogP contribution in [0.1, 0.15) is 25.8 Å². The van der Waals surface area contributed by atoms with Gasteiger partial charge < -0.3 is 14.2 Å². The van der Waals surface area contributed by atoms with Gasteiger partial charge >= 0.3 is 0 Å². The van der Waals surface area contributed by atoms with Crippen molar-refractivity contribution in [2.45, 2.75) is 20.3 Å². The van der Waals surface area contributed by atoms with Crippen LogP contribution in [0.25, 0.3) is 6.08 Å². The Morgan fingerprint density at radius 2 is 1.58 bits per heavy atom. The fraction of sp³-hybridized carbons (Fsp3) is 0.450. The van der Waals surface area contributed by atoms with Gasteiger partial charge in [0, 0.05) is 17.5 Å². The van der Waals surface area contributed by atoms with E-state index in [9.17, 15) is 4.79 Å². The van der Waals surface area contributed by atoms with E-state index < -0.39 is 0 Å². The number of ketones is 1. The lowest BCUT2D eigenvalue weighted by Gasteiger charge is -2.54. The lowest BCUT2D eigenvalue weighted by molar-refractivity contribution is -0.133. The number of rotatable bonds is 5. The summed E-state index contributed by atoms with van der Waals surface area (Å²) in [4.78, 5) is 12.2. The molecule has 1 fully saturated rings. The smallest absolute Gasteiger partial charge is 0.164 e. The quantitative estimate of drug-likeness (QED) is 0.822. The summed E-state index contributed by atoms with van der Waals surface area (Å²) in [6, 6.07) is 3.69. The molecule has 128 valence electrons. The number of hydrogen-bond donors (Lipinski definition) is 0. The third-order valence-corrected chi connectivity index (χ3v) is 5.51. The van der Waals surface area contributed by atoms with E-state index in [0.717, 1.165) is 17.6 Å². The van der Waals surface area contributed by atoms with E-state index in [0.29, 0.717) is 23.2 Å². The number of ether oxygens (including phenoxy) is 3. The summed E-state index contributed by atoms with van der Waals surface area (Å²) in [7, 11) is 4.83. The summed E-state index contributed by atoms with van der Waals surface area (Å²) in [5.41, 5.74) is 2.06. The van der Waals surface area contributed by atoms with Crippen molar-refractivity contribution in [2.75, 3.05) is 21.3 Å². The van der Waals surface area contributed by atoms with Crippen LogP contribution in [-0.4, -0.2) is 27.1 Å². The van der Waals surface area contributed by atoms with Gasteiger partial charge in [0.1, 0.15) is 5.75 Å². The Balaban J connectivity index is 1.93. The Labute approximate surface area is 143 Å². The third kappa shape index (κ3) is 2.50. The maximum Gasteiger partial charge on any atom is 0.164 e. The summed E-state index contributed by atoms with van der Waals surface area (Å²) < 4.78 is 16.1. The molecule has 4 nitrogen and oxygen atoms in total. The molecule has 0 unspecified atom stereocenters. The summed E-state index contributed by atoms with van der Waals surface area (Å²) >= 11 is 0. The van der Waals surface area contributed by atoms with Gasteiger partial charge in [0.25, 0.3) is 0 Å². The van der Waals surface area contributed by atoms with Crippen LogP contribution in [-0.2, 0) is 4.79 Å². The van der Waals surface area contributed by atoms with Crippen LogP contribution >= 0.6 is 0 Å². The molecule has 0 aromatic heterocycles. The number of allylic oxidation sites excluding steroid dienone is 3. The van der Waals surface area contributed by atoms with Crippen molar-refractivity contribution < 1.29 is 19.0 Å². The van der Waals surface area contributed by atoms with Gasteiger partial charge in [-0.25, -0.2) is 0 Å². The number of carbonyl (C=O) groups excluding carboxylic acids is 1.